The summed E-state index contributed by atoms with van der Waals surface area (Å²) in [6.07, 6.45) is -0.257. The lowest BCUT2D eigenvalue weighted by Crippen LogP contribution is -2.46. The van der Waals surface area contributed by atoms with Crippen molar-refractivity contribution in [2.45, 2.75) is 12.6 Å². The molecule has 1 atom stereocenters. The summed E-state index contributed by atoms with van der Waals surface area (Å²) in [6, 6.07) is 7.93. The number of aromatic amines is 1. The van der Waals surface area contributed by atoms with E-state index in [1.165, 1.54) is 18.2 Å². The van der Waals surface area contributed by atoms with Gasteiger partial charge in [-0.3, -0.25) is 5.32 Å². The molecule has 0 radical (unpaired) electrons. The fourth-order valence-electron chi connectivity index (χ4n) is 3.34. The van der Waals surface area contributed by atoms with Gasteiger partial charge in [0.1, 0.15) is 23.7 Å². The molecule has 3 aromatic rings. The maximum absolute atomic E-state index is 14.2. The zero-order valence-corrected chi connectivity index (χ0v) is 14.4. The summed E-state index contributed by atoms with van der Waals surface area (Å²) in [4.78, 5) is 3.00. The predicted molar refractivity (Wildman–Crippen MR) is 95.6 cm³/mol. The number of ether oxygens (including phenoxy) is 1. The van der Waals surface area contributed by atoms with Crippen molar-refractivity contribution in [2.75, 3.05) is 19.8 Å². The first-order chi connectivity index (χ1) is 13.0. The third kappa shape index (κ3) is 3.58. The molecule has 4 rings (SSSR count). The van der Waals surface area contributed by atoms with E-state index in [2.05, 4.69) is 10.3 Å². The Morgan fingerprint density at radius 2 is 1.85 bits per heavy atom. The number of aromatic nitrogens is 1. The Kier molecular flexibility index (Phi) is 4.90. The van der Waals surface area contributed by atoms with Crippen LogP contribution < -0.4 is 5.32 Å². The first-order valence-corrected chi connectivity index (χ1v) is 8.77. The smallest absolute Gasteiger partial charge is 0.150 e. The minimum atomic E-state index is -0.688. The first-order valence-electron chi connectivity index (χ1n) is 8.77. The van der Waals surface area contributed by atoms with E-state index in [9.17, 15) is 18.3 Å². The zero-order chi connectivity index (χ0) is 19.0. The van der Waals surface area contributed by atoms with Gasteiger partial charge in [-0.25, -0.2) is 13.2 Å². The standard InChI is InChI=1S/C20H19F3N2O2/c21-13-3-1-11(2-4-13)18-15(5-6-24-20(26)12-9-27-10-12)16-7-14(22)8-17(23)19(16)25-18/h1-4,7-8,12,20,24-26H,5-6,9-10H2. The lowest BCUT2D eigenvalue weighted by atomic mass is 10.0. The van der Waals surface area contributed by atoms with E-state index in [4.69, 9.17) is 4.74 Å². The number of rotatable bonds is 6. The minimum absolute atomic E-state index is 0.0550. The summed E-state index contributed by atoms with van der Waals surface area (Å²) < 4.78 is 46.3. The van der Waals surface area contributed by atoms with Gasteiger partial charge in [0.05, 0.1) is 18.7 Å². The maximum atomic E-state index is 14.2. The Labute approximate surface area is 154 Å². The highest BCUT2D eigenvalue weighted by molar-refractivity contribution is 5.91. The molecule has 2 aromatic carbocycles. The number of aliphatic hydroxyl groups excluding tert-OH is 1. The second-order valence-electron chi connectivity index (χ2n) is 6.74. The molecule has 0 saturated carbocycles. The topological polar surface area (TPSA) is 57.3 Å². The Bertz CT molecular complexity index is 952. The van der Waals surface area contributed by atoms with Crippen molar-refractivity contribution >= 4 is 10.9 Å². The van der Waals surface area contributed by atoms with E-state index >= 15 is 0 Å². The number of aliphatic hydroxyl groups is 1. The molecule has 27 heavy (non-hydrogen) atoms. The third-order valence-corrected chi connectivity index (χ3v) is 4.90. The van der Waals surface area contributed by atoms with Gasteiger partial charge in [0.25, 0.3) is 0 Å². The number of benzene rings is 2. The number of hydrogen-bond donors (Lipinski definition) is 3. The highest BCUT2D eigenvalue weighted by Crippen LogP contribution is 2.32. The van der Waals surface area contributed by atoms with Gasteiger partial charge in [-0.15, -0.1) is 0 Å². The molecule has 1 aromatic heterocycles. The monoisotopic (exact) mass is 376 g/mol. The van der Waals surface area contributed by atoms with E-state index in [1.807, 2.05) is 0 Å². The molecule has 0 amide bonds. The minimum Gasteiger partial charge on any atom is -0.380 e. The largest absolute Gasteiger partial charge is 0.380 e. The molecule has 142 valence electrons. The summed E-state index contributed by atoms with van der Waals surface area (Å²) in [6.45, 7) is 1.44. The molecular weight excluding hydrogens is 357 g/mol. The molecule has 1 unspecified atom stereocenters. The normalized spacial score (nSPS) is 15.9. The van der Waals surface area contributed by atoms with Crippen molar-refractivity contribution in [2.24, 2.45) is 5.92 Å². The molecule has 1 fully saturated rings. The van der Waals surface area contributed by atoms with Crippen LogP contribution in [0.5, 0.6) is 0 Å². The molecule has 1 aliphatic heterocycles. The van der Waals surface area contributed by atoms with Crippen molar-refractivity contribution in [3.05, 3.63) is 59.4 Å². The highest BCUT2D eigenvalue weighted by Gasteiger charge is 2.26. The fourth-order valence-corrected chi connectivity index (χ4v) is 3.34. The number of fused-ring (bicyclic) bond motifs is 1. The van der Waals surface area contributed by atoms with E-state index in [1.54, 1.807) is 12.1 Å². The highest BCUT2D eigenvalue weighted by atomic mass is 19.1. The van der Waals surface area contributed by atoms with Crippen LogP contribution >= 0.6 is 0 Å². The Morgan fingerprint density at radius 3 is 2.52 bits per heavy atom. The second kappa shape index (κ2) is 7.34. The van der Waals surface area contributed by atoms with Crippen molar-refractivity contribution in [3.8, 4) is 11.3 Å². The number of nitrogens with one attached hydrogen (secondary N) is 2. The molecular formula is C20H19F3N2O2. The van der Waals surface area contributed by atoms with Crippen molar-refractivity contribution < 1.29 is 23.0 Å². The molecule has 1 aliphatic rings. The molecule has 0 spiro atoms. The van der Waals surface area contributed by atoms with Crippen LogP contribution in [0.4, 0.5) is 13.2 Å². The van der Waals surface area contributed by atoms with E-state index < -0.39 is 17.9 Å². The van der Waals surface area contributed by atoms with Crippen LogP contribution in [0, 0.1) is 23.4 Å². The van der Waals surface area contributed by atoms with Gasteiger partial charge in [0, 0.05) is 29.6 Å². The SMILES string of the molecule is OC(NCCc1c(-c2ccc(F)cc2)[nH]c2c(F)cc(F)cc12)C1COC1. The molecule has 0 bridgehead atoms. The first kappa shape index (κ1) is 18.0. The number of H-pyrrole nitrogens is 1. The average Bonchev–Trinajstić information content (AvgIpc) is 2.93. The molecule has 2 heterocycles. The Balaban J connectivity index is 1.67. The van der Waals surface area contributed by atoms with Crippen LogP contribution in [-0.4, -0.2) is 36.1 Å². The van der Waals surface area contributed by atoms with E-state index in [-0.39, 0.29) is 17.3 Å². The lowest BCUT2D eigenvalue weighted by Gasteiger charge is -2.30. The maximum Gasteiger partial charge on any atom is 0.150 e. The van der Waals surface area contributed by atoms with Crippen molar-refractivity contribution in [1.29, 1.82) is 0 Å². The molecule has 4 nitrogen and oxygen atoms in total. The number of hydrogen-bond acceptors (Lipinski definition) is 3. The van der Waals surface area contributed by atoms with Crippen LogP contribution in [0.3, 0.4) is 0 Å². The molecule has 1 saturated heterocycles. The molecule has 7 heteroatoms. The average molecular weight is 376 g/mol. The van der Waals surface area contributed by atoms with E-state index in [0.717, 1.165) is 6.07 Å². The van der Waals surface area contributed by atoms with Gasteiger partial charge in [-0.1, -0.05) is 0 Å². The van der Waals surface area contributed by atoms with Crippen LogP contribution in [0.25, 0.3) is 22.2 Å². The summed E-state index contributed by atoms with van der Waals surface area (Å²) in [5.74, 6) is -1.66. The third-order valence-electron chi connectivity index (χ3n) is 4.90. The van der Waals surface area contributed by atoms with Gasteiger partial charge in [-0.2, -0.15) is 0 Å². The lowest BCUT2D eigenvalue weighted by molar-refractivity contribution is -0.100. The van der Waals surface area contributed by atoms with Crippen molar-refractivity contribution in [3.63, 3.8) is 0 Å². The van der Waals surface area contributed by atoms with Gasteiger partial charge < -0.3 is 14.8 Å². The zero-order valence-electron chi connectivity index (χ0n) is 14.4. The summed E-state index contributed by atoms with van der Waals surface area (Å²) in [5.41, 5.74) is 2.20. The van der Waals surface area contributed by atoms with Gasteiger partial charge in [0.2, 0.25) is 0 Å². The predicted octanol–water partition coefficient (Wildman–Crippen LogP) is 3.35. The van der Waals surface area contributed by atoms with Crippen LogP contribution in [-0.2, 0) is 11.2 Å². The molecule has 3 N–H and O–H groups in total. The summed E-state index contributed by atoms with van der Waals surface area (Å²) >= 11 is 0. The van der Waals surface area contributed by atoms with Gasteiger partial charge in [-0.05, 0) is 47.9 Å². The quantitative estimate of drug-likeness (QED) is 0.579. The van der Waals surface area contributed by atoms with E-state index in [0.29, 0.717) is 48.4 Å². The van der Waals surface area contributed by atoms with Crippen LogP contribution in [0.1, 0.15) is 5.56 Å². The second-order valence-corrected chi connectivity index (χ2v) is 6.74. The van der Waals surface area contributed by atoms with Gasteiger partial charge in [0.15, 0.2) is 0 Å². The molecule has 0 aliphatic carbocycles. The summed E-state index contributed by atoms with van der Waals surface area (Å²) in [5, 5.41) is 13.5. The van der Waals surface area contributed by atoms with Crippen molar-refractivity contribution in [1.82, 2.24) is 10.3 Å². The fraction of sp³-hybridized carbons (Fsp3) is 0.300. The van der Waals surface area contributed by atoms with Crippen LogP contribution in [0.15, 0.2) is 36.4 Å². The van der Waals surface area contributed by atoms with Crippen LogP contribution in [0.2, 0.25) is 0 Å². The summed E-state index contributed by atoms with van der Waals surface area (Å²) in [7, 11) is 0. The Morgan fingerprint density at radius 1 is 1.11 bits per heavy atom. The van der Waals surface area contributed by atoms with Gasteiger partial charge >= 0.3 is 0 Å². The number of halogens is 3. The Hall–Kier alpha value is -2.35.